The van der Waals surface area contributed by atoms with Gasteiger partial charge in [0.25, 0.3) is 0 Å². The van der Waals surface area contributed by atoms with Gasteiger partial charge in [-0.1, -0.05) is 12.1 Å². The van der Waals surface area contributed by atoms with Gasteiger partial charge in [-0.25, -0.2) is 0 Å². The Morgan fingerprint density at radius 3 is 2.21 bits per heavy atom. The molecular weight excluding hydrogens is 419 g/mol. The topological polar surface area (TPSA) is 65.1 Å². The lowest BCUT2D eigenvalue weighted by atomic mass is 10.3. The first kappa shape index (κ1) is 27.0. The van der Waals surface area contributed by atoms with E-state index in [1.54, 1.807) is 0 Å². The quantitative estimate of drug-likeness (QED) is 0.607. The highest BCUT2D eigenvalue weighted by molar-refractivity contribution is 5.86. The number of hydrogen-bond acceptors (Lipinski definition) is 6. The summed E-state index contributed by atoms with van der Waals surface area (Å²) in [5, 5.41) is 10.5. The molecule has 2 bridgehead atoms. The molecule has 0 fully saturated rings. The fourth-order valence-electron chi connectivity index (χ4n) is 2.94. The van der Waals surface area contributed by atoms with Crippen molar-refractivity contribution in [3.05, 3.63) is 59.7 Å². The fourth-order valence-corrected chi connectivity index (χ4v) is 2.94. The summed E-state index contributed by atoms with van der Waals surface area (Å²) in [6.45, 7) is 8.64. The van der Waals surface area contributed by atoms with E-state index in [1.807, 2.05) is 18.5 Å². The molecule has 1 aliphatic rings. The van der Waals surface area contributed by atoms with E-state index in [-0.39, 0.29) is 37.2 Å². The normalized spacial score (nSPS) is 15.0. The number of rotatable bonds is 5. The zero-order valence-corrected chi connectivity index (χ0v) is 18.4. The standard InChI is InChI=1S/C19H28N6.3ClH/c1-4-18-15-22-8-11-25(12-9-23-16-19(5-1)24-18)10-7-21-14-17-3-2-6-20-13-17;;;/h1-6,13,21-23H,7-12,14-16H2;3*1H. The molecule has 3 N–H and O–H groups in total. The molecule has 0 amide bonds. The number of hydrogen-bond donors (Lipinski definition) is 3. The molecule has 0 aliphatic carbocycles. The zero-order chi connectivity index (χ0) is 17.2. The minimum Gasteiger partial charge on any atom is -0.311 e. The summed E-state index contributed by atoms with van der Waals surface area (Å²) >= 11 is 0. The van der Waals surface area contributed by atoms with Gasteiger partial charge in [0.05, 0.1) is 11.4 Å². The van der Waals surface area contributed by atoms with Gasteiger partial charge in [0, 0.05) is 71.3 Å². The SMILES string of the molecule is Cl.Cl.Cl.c1cncc(CNCCN2CCNCc3cccc(n3)CNCC2)c1. The molecule has 0 aromatic carbocycles. The van der Waals surface area contributed by atoms with Crippen molar-refractivity contribution in [1.29, 1.82) is 0 Å². The summed E-state index contributed by atoms with van der Waals surface area (Å²) in [7, 11) is 0. The highest BCUT2D eigenvalue weighted by Crippen LogP contribution is 2.00. The van der Waals surface area contributed by atoms with Crippen LogP contribution >= 0.6 is 37.2 Å². The first-order chi connectivity index (χ1) is 12.4. The Kier molecular flexibility index (Phi) is 15.3. The monoisotopic (exact) mass is 448 g/mol. The predicted octanol–water partition coefficient (Wildman–Crippen LogP) is 2.03. The highest BCUT2D eigenvalue weighted by Gasteiger charge is 2.06. The van der Waals surface area contributed by atoms with Crippen LogP contribution in [0.3, 0.4) is 0 Å². The average Bonchev–Trinajstić information content (AvgIpc) is 2.65. The molecule has 3 heterocycles. The maximum Gasteiger partial charge on any atom is 0.0545 e. The second-order valence-corrected chi connectivity index (χ2v) is 6.35. The minimum absolute atomic E-state index is 0. The molecule has 0 atom stereocenters. The summed E-state index contributed by atoms with van der Waals surface area (Å²) < 4.78 is 0. The van der Waals surface area contributed by atoms with E-state index in [4.69, 9.17) is 0 Å². The lowest BCUT2D eigenvalue weighted by molar-refractivity contribution is 0.270. The molecule has 2 aromatic heterocycles. The van der Waals surface area contributed by atoms with Gasteiger partial charge >= 0.3 is 0 Å². The van der Waals surface area contributed by atoms with Gasteiger partial charge in [-0.15, -0.1) is 37.2 Å². The van der Waals surface area contributed by atoms with Crippen LogP contribution in [0.25, 0.3) is 0 Å². The Labute approximate surface area is 186 Å². The molecule has 3 rings (SSSR count). The number of aromatic nitrogens is 2. The van der Waals surface area contributed by atoms with Crippen LogP contribution in [-0.4, -0.2) is 54.1 Å². The Hall–Kier alpha value is -0.990. The average molecular weight is 450 g/mol. The van der Waals surface area contributed by atoms with Gasteiger partial charge in [0.1, 0.15) is 0 Å². The molecule has 0 radical (unpaired) electrons. The molecule has 0 unspecified atom stereocenters. The van der Waals surface area contributed by atoms with Crippen LogP contribution in [0.2, 0.25) is 0 Å². The predicted molar refractivity (Wildman–Crippen MR) is 122 cm³/mol. The van der Waals surface area contributed by atoms with Crippen molar-refractivity contribution in [3.8, 4) is 0 Å². The molecule has 6 nitrogen and oxygen atoms in total. The number of fused-ring (bicyclic) bond motifs is 2. The second-order valence-electron chi connectivity index (χ2n) is 6.35. The number of nitrogens with zero attached hydrogens (tertiary/aromatic N) is 3. The first-order valence-electron chi connectivity index (χ1n) is 9.08. The van der Waals surface area contributed by atoms with Crippen molar-refractivity contribution in [2.75, 3.05) is 39.3 Å². The molecule has 0 spiro atoms. The van der Waals surface area contributed by atoms with Gasteiger partial charge in [-0.05, 0) is 23.8 Å². The van der Waals surface area contributed by atoms with Crippen LogP contribution < -0.4 is 16.0 Å². The largest absolute Gasteiger partial charge is 0.311 e. The number of pyridine rings is 2. The van der Waals surface area contributed by atoms with Gasteiger partial charge in [-0.2, -0.15) is 0 Å². The van der Waals surface area contributed by atoms with Crippen LogP contribution in [0.1, 0.15) is 17.0 Å². The number of halogens is 3. The van der Waals surface area contributed by atoms with E-state index < -0.39 is 0 Å². The molecule has 0 saturated carbocycles. The van der Waals surface area contributed by atoms with E-state index in [0.29, 0.717) is 0 Å². The maximum atomic E-state index is 4.66. The van der Waals surface area contributed by atoms with Crippen molar-refractivity contribution in [1.82, 2.24) is 30.8 Å². The van der Waals surface area contributed by atoms with Crippen molar-refractivity contribution in [2.45, 2.75) is 19.6 Å². The van der Waals surface area contributed by atoms with Crippen molar-refractivity contribution >= 4 is 37.2 Å². The molecular formula is C19H31Cl3N6. The fraction of sp³-hybridized carbons (Fsp3) is 0.474. The van der Waals surface area contributed by atoms with Crippen LogP contribution in [0.5, 0.6) is 0 Å². The summed E-state index contributed by atoms with van der Waals surface area (Å²) in [6.07, 6.45) is 3.73. The van der Waals surface area contributed by atoms with E-state index in [1.165, 1.54) is 5.56 Å². The number of nitrogens with one attached hydrogen (secondary N) is 3. The maximum absolute atomic E-state index is 4.66. The molecule has 9 heteroatoms. The smallest absolute Gasteiger partial charge is 0.0545 e. The second kappa shape index (κ2) is 15.9. The van der Waals surface area contributed by atoms with Crippen molar-refractivity contribution < 1.29 is 0 Å². The summed E-state index contributed by atoms with van der Waals surface area (Å²) in [4.78, 5) is 11.3. The van der Waals surface area contributed by atoms with E-state index in [2.05, 4.69) is 55.1 Å². The van der Waals surface area contributed by atoms with E-state index in [9.17, 15) is 0 Å². The van der Waals surface area contributed by atoms with E-state index in [0.717, 1.165) is 70.3 Å². The van der Waals surface area contributed by atoms with Crippen molar-refractivity contribution in [3.63, 3.8) is 0 Å². The Morgan fingerprint density at radius 2 is 1.61 bits per heavy atom. The zero-order valence-electron chi connectivity index (χ0n) is 16.0. The highest BCUT2D eigenvalue weighted by atomic mass is 35.5. The van der Waals surface area contributed by atoms with Gasteiger partial charge < -0.3 is 16.0 Å². The Balaban J connectivity index is 0.00000243. The Bertz CT molecular complexity index is 605. The molecule has 158 valence electrons. The third kappa shape index (κ3) is 9.98. The summed E-state index contributed by atoms with van der Waals surface area (Å²) in [5.74, 6) is 0. The van der Waals surface area contributed by atoms with Crippen LogP contribution in [0.15, 0.2) is 42.7 Å². The molecule has 1 aliphatic heterocycles. The lowest BCUT2D eigenvalue weighted by Gasteiger charge is -2.23. The molecule has 0 saturated heterocycles. The summed E-state index contributed by atoms with van der Waals surface area (Å²) in [6, 6.07) is 10.3. The van der Waals surface area contributed by atoms with Crippen molar-refractivity contribution in [2.24, 2.45) is 0 Å². The molecule has 2 aromatic rings. The first-order valence-corrected chi connectivity index (χ1v) is 9.08. The van der Waals surface area contributed by atoms with Crippen LogP contribution in [0, 0.1) is 0 Å². The third-order valence-electron chi connectivity index (χ3n) is 4.34. The minimum atomic E-state index is 0. The summed E-state index contributed by atoms with van der Waals surface area (Å²) in [5.41, 5.74) is 3.46. The lowest BCUT2D eigenvalue weighted by Crippen LogP contribution is -2.40. The molecule has 28 heavy (non-hydrogen) atoms. The van der Waals surface area contributed by atoms with Crippen LogP contribution in [0.4, 0.5) is 0 Å². The van der Waals surface area contributed by atoms with E-state index >= 15 is 0 Å². The van der Waals surface area contributed by atoms with Gasteiger partial charge in [0.2, 0.25) is 0 Å². The van der Waals surface area contributed by atoms with Gasteiger partial charge in [-0.3, -0.25) is 14.9 Å². The third-order valence-corrected chi connectivity index (χ3v) is 4.34. The van der Waals surface area contributed by atoms with Gasteiger partial charge in [0.15, 0.2) is 0 Å². The Morgan fingerprint density at radius 1 is 0.929 bits per heavy atom. The van der Waals surface area contributed by atoms with Crippen LogP contribution in [-0.2, 0) is 19.6 Å².